The summed E-state index contributed by atoms with van der Waals surface area (Å²) in [6.45, 7) is 0. The van der Waals surface area contributed by atoms with Crippen LogP contribution in [0.1, 0.15) is 35.9 Å². The molecule has 2 aromatic carbocycles. The minimum Gasteiger partial charge on any atom is -0.493 e. The van der Waals surface area contributed by atoms with Crippen molar-refractivity contribution in [1.82, 2.24) is 14.8 Å². The first-order valence-electron chi connectivity index (χ1n) is 10.3. The van der Waals surface area contributed by atoms with Gasteiger partial charge in [-0.1, -0.05) is 35.3 Å². The number of nitrogens with one attached hydrogen (secondary N) is 1. The van der Waals surface area contributed by atoms with E-state index in [1.165, 1.54) is 0 Å². The summed E-state index contributed by atoms with van der Waals surface area (Å²) in [5.41, 5.74) is 9.09. The van der Waals surface area contributed by atoms with Crippen LogP contribution in [0, 0.1) is 0 Å². The Morgan fingerprint density at radius 1 is 1.03 bits per heavy atom. The van der Waals surface area contributed by atoms with E-state index in [-0.39, 0.29) is 17.6 Å². The highest BCUT2D eigenvalue weighted by atomic mass is 35.5. The molecule has 0 fully saturated rings. The number of anilines is 2. The highest BCUT2D eigenvalue weighted by molar-refractivity contribution is 6.42. The van der Waals surface area contributed by atoms with Gasteiger partial charge in [0.15, 0.2) is 17.3 Å². The monoisotopic (exact) mass is 485 g/mol. The average molecular weight is 486 g/mol. The Balaban J connectivity index is 1.58. The maximum atomic E-state index is 13.5. The summed E-state index contributed by atoms with van der Waals surface area (Å²) in [7, 11) is 3.19. The Morgan fingerprint density at radius 2 is 1.79 bits per heavy atom. The minimum atomic E-state index is -0.505. The molecule has 170 valence electrons. The Hall–Kier alpha value is -3.23. The number of ketones is 1. The SMILES string of the molecule is COc1ccc(C2CC(=O)C3=C(C2)Nc2nc(N)nn2C3c2ccc(Cl)c(Cl)c2)cc1OC. The topological polar surface area (TPSA) is 104 Å². The van der Waals surface area contributed by atoms with E-state index < -0.39 is 6.04 Å². The molecule has 8 nitrogen and oxygen atoms in total. The van der Waals surface area contributed by atoms with Crippen LogP contribution in [0.25, 0.3) is 0 Å². The molecule has 1 aromatic heterocycles. The number of benzene rings is 2. The van der Waals surface area contributed by atoms with E-state index in [2.05, 4.69) is 15.4 Å². The fourth-order valence-corrected chi connectivity index (χ4v) is 4.87. The van der Waals surface area contributed by atoms with Crippen LogP contribution in [0.3, 0.4) is 0 Å². The molecule has 0 spiro atoms. The molecule has 10 heteroatoms. The molecule has 2 atom stereocenters. The van der Waals surface area contributed by atoms with Crippen molar-refractivity contribution in [2.24, 2.45) is 0 Å². The quantitative estimate of drug-likeness (QED) is 0.556. The van der Waals surface area contributed by atoms with Crippen LogP contribution >= 0.6 is 23.2 Å². The zero-order chi connectivity index (χ0) is 23.3. The van der Waals surface area contributed by atoms with E-state index in [1.54, 1.807) is 31.0 Å². The van der Waals surface area contributed by atoms with Crippen molar-refractivity contribution >= 4 is 40.9 Å². The standard InChI is InChI=1S/C23H21Cl2N5O3/c1-32-18-6-4-11(10-19(18)33-2)13-8-16-20(17(31)9-13)21(12-3-5-14(24)15(25)7-12)30-23(27-16)28-22(26)29-30/h3-7,10,13,21H,8-9H2,1-2H3,(H3,26,27,28,29). The van der Waals surface area contributed by atoms with Crippen molar-refractivity contribution in [1.29, 1.82) is 0 Å². The van der Waals surface area contributed by atoms with Gasteiger partial charge < -0.3 is 20.5 Å². The van der Waals surface area contributed by atoms with Crippen LogP contribution in [0.4, 0.5) is 11.9 Å². The zero-order valence-electron chi connectivity index (χ0n) is 17.9. The number of nitrogen functional groups attached to an aromatic ring is 1. The van der Waals surface area contributed by atoms with Crippen LogP contribution in [0.15, 0.2) is 47.7 Å². The molecule has 2 unspecified atom stereocenters. The molecule has 2 heterocycles. The van der Waals surface area contributed by atoms with Gasteiger partial charge in [-0.3, -0.25) is 4.79 Å². The van der Waals surface area contributed by atoms with Crippen molar-refractivity contribution in [3.8, 4) is 11.5 Å². The maximum Gasteiger partial charge on any atom is 0.241 e. The number of rotatable bonds is 4. The second-order valence-corrected chi connectivity index (χ2v) is 8.79. The average Bonchev–Trinajstić information content (AvgIpc) is 3.18. The molecular formula is C23H21Cl2N5O3. The largest absolute Gasteiger partial charge is 0.493 e. The first-order chi connectivity index (χ1) is 15.9. The summed E-state index contributed by atoms with van der Waals surface area (Å²) in [6.07, 6.45) is 0.953. The lowest BCUT2D eigenvalue weighted by molar-refractivity contribution is -0.116. The summed E-state index contributed by atoms with van der Waals surface area (Å²) in [4.78, 5) is 17.8. The summed E-state index contributed by atoms with van der Waals surface area (Å²) >= 11 is 12.4. The van der Waals surface area contributed by atoms with Gasteiger partial charge in [0.2, 0.25) is 11.9 Å². The van der Waals surface area contributed by atoms with Crippen molar-refractivity contribution in [3.05, 3.63) is 68.8 Å². The fourth-order valence-electron chi connectivity index (χ4n) is 4.56. The van der Waals surface area contributed by atoms with Crippen LogP contribution < -0.4 is 20.5 Å². The zero-order valence-corrected chi connectivity index (χ0v) is 19.4. The predicted octanol–water partition coefficient (Wildman–Crippen LogP) is 4.60. The Kier molecular flexibility index (Phi) is 5.42. The van der Waals surface area contributed by atoms with Gasteiger partial charge in [0.25, 0.3) is 0 Å². The maximum absolute atomic E-state index is 13.5. The highest BCUT2D eigenvalue weighted by Crippen LogP contribution is 2.45. The molecule has 0 amide bonds. The molecule has 0 saturated heterocycles. The molecule has 0 radical (unpaired) electrons. The molecular weight excluding hydrogens is 465 g/mol. The van der Waals surface area contributed by atoms with E-state index >= 15 is 0 Å². The number of carbonyl (C=O) groups excluding carboxylic acids is 1. The predicted molar refractivity (Wildman–Crippen MR) is 126 cm³/mol. The number of nitrogens with zero attached hydrogens (tertiary/aromatic N) is 3. The first-order valence-corrected chi connectivity index (χ1v) is 11.1. The summed E-state index contributed by atoms with van der Waals surface area (Å²) in [5.74, 6) is 1.83. The van der Waals surface area contributed by atoms with Gasteiger partial charge in [-0.05, 0) is 47.7 Å². The number of hydrogen-bond donors (Lipinski definition) is 2. The number of hydrogen-bond acceptors (Lipinski definition) is 7. The number of halogens is 2. The van der Waals surface area contributed by atoms with Crippen molar-refractivity contribution in [2.75, 3.05) is 25.3 Å². The third kappa shape index (κ3) is 3.69. The van der Waals surface area contributed by atoms with Crippen LogP contribution in [-0.2, 0) is 4.79 Å². The number of allylic oxidation sites excluding steroid dienone is 2. The van der Waals surface area contributed by atoms with Crippen LogP contribution in [-0.4, -0.2) is 34.8 Å². The van der Waals surface area contributed by atoms with Gasteiger partial charge in [-0.15, -0.1) is 5.10 Å². The third-order valence-electron chi connectivity index (χ3n) is 6.07. The lowest BCUT2D eigenvalue weighted by Gasteiger charge is -2.35. The first kappa shape index (κ1) is 21.6. The van der Waals surface area contributed by atoms with Crippen molar-refractivity contribution in [3.63, 3.8) is 0 Å². The number of methoxy groups -OCH3 is 2. The number of Topliss-reactive ketones (excluding diaryl/α,β-unsaturated/α-hetero) is 1. The van der Waals surface area contributed by atoms with Gasteiger partial charge >= 0.3 is 0 Å². The van der Waals surface area contributed by atoms with Gasteiger partial charge in [0.1, 0.15) is 6.04 Å². The molecule has 2 aliphatic rings. The van der Waals surface area contributed by atoms with Crippen LogP contribution in [0.5, 0.6) is 11.5 Å². The lowest BCUT2D eigenvalue weighted by Crippen LogP contribution is -2.33. The number of ether oxygens (including phenoxy) is 2. The number of fused-ring (bicyclic) bond motifs is 1. The smallest absolute Gasteiger partial charge is 0.241 e. The van der Waals surface area contributed by atoms with Gasteiger partial charge in [0, 0.05) is 17.7 Å². The molecule has 1 aliphatic carbocycles. The van der Waals surface area contributed by atoms with E-state index in [0.29, 0.717) is 45.9 Å². The summed E-state index contributed by atoms with van der Waals surface area (Å²) in [6, 6.07) is 10.5. The molecule has 3 N–H and O–H groups in total. The molecule has 1 aliphatic heterocycles. The molecule has 33 heavy (non-hydrogen) atoms. The number of carbonyl (C=O) groups is 1. The lowest BCUT2D eigenvalue weighted by atomic mass is 9.78. The highest BCUT2D eigenvalue weighted by Gasteiger charge is 2.40. The second-order valence-electron chi connectivity index (χ2n) is 7.97. The molecule has 3 aromatic rings. The van der Waals surface area contributed by atoms with Gasteiger partial charge in [0.05, 0.1) is 24.3 Å². The van der Waals surface area contributed by atoms with E-state index in [0.717, 1.165) is 16.8 Å². The third-order valence-corrected chi connectivity index (χ3v) is 6.81. The molecule has 0 bridgehead atoms. The van der Waals surface area contributed by atoms with Gasteiger partial charge in [-0.2, -0.15) is 4.98 Å². The Morgan fingerprint density at radius 3 is 2.52 bits per heavy atom. The van der Waals surface area contributed by atoms with Crippen LogP contribution in [0.2, 0.25) is 10.0 Å². The second kappa shape index (κ2) is 8.28. The van der Waals surface area contributed by atoms with Gasteiger partial charge in [-0.25, -0.2) is 4.68 Å². The van der Waals surface area contributed by atoms with Crippen molar-refractivity contribution < 1.29 is 14.3 Å². The number of nitrogens with two attached hydrogens (primary N) is 1. The van der Waals surface area contributed by atoms with E-state index in [4.69, 9.17) is 38.4 Å². The van der Waals surface area contributed by atoms with E-state index in [1.807, 2.05) is 24.3 Å². The minimum absolute atomic E-state index is 0.0133. The summed E-state index contributed by atoms with van der Waals surface area (Å²) in [5, 5.41) is 8.45. The summed E-state index contributed by atoms with van der Waals surface area (Å²) < 4.78 is 12.4. The molecule has 0 saturated carbocycles. The van der Waals surface area contributed by atoms with E-state index in [9.17, 15) is 4.79 Å². The number of aromatic nitrogens is 3. The normalized spacial score (nSPS) is 19.6. The van der Waals surface area contributed by atoms with Crippen molar-refractivity contribution in [2.45, 2.75) is 24.8 Å². The molecule has 5 rings (SSSR count). The Bertz CT molecular complexity index is 1300. The Labute approximate surface area is 200 Å². The fraction of sp³-hybridized carbons (Fsp3) is 0.261.